The van der Waals surface area contributed by atoms with Gasteiger partial charge in [-0.05, 0) is 47.5 Å². The number of hydrogen-bond acceptors (Lipinski definition) is 8. The molecule has 2 aromatic carbocycles. The van der Waals surface area contributed by atoms with Crippen LogP contribution in [0, 0.1) is 12.8 Å². The fourth-order valence-electron chi connectivity index (χ4n) is 3.66. The van der Waals surface area contributed by atoms with E-state index >= 15 is 0 Å². The molecule has 3 aromatic rings. The highest BCUT2D eigenvalue weighted by Gasteiger charge is 2.29. The molecule has 166 valence electrons. The van der Waals surface area contributed by atoms with E-state index < -0.39 is 16.8 Å². The van der Waals surface area contributed by atoms with E-state index in [1.807, 2.05) is 0 Å². The monoisotopic (exact) mass is 501 g/mol. The Balaban J connectivity index is 1.52. The van der Waals surface area contributed by atoms with Gasteiger partial charge in [0.2, 0.25) is 0 Å². The number of aldehydes is 1. The normalized spacial score (nSPS) is 15.8. The number of rotatable bonds is 7. The summed E-state index contributed by atoms with van der Waals surface area (Å²) in [5.74, 6) is 0.310. The highest BCUT2D eigenvalue weighted by Crippen LogP contribution is 2.33. The smallest absolute Gasteiger partial charge is 0.257 e. The van der Waals surface area contributed by atoms with Crippen LogP contribution in [-0.4, -0.2) is 35.3 Å². The Labute approximate surface area is 190 Å². The molecule has 1 aliphatic rings. The van der Waals surface area contributed by atoms with Crippen molar-refractivity contribution in [2.45, 2.75) is 19.9 Å². The minimum atomic E-state index is -0.728. The molecule has 3 N–H and O–H groups in total. The molecular formula is C22H20BrN3O6. The van der Waals surface area contributed by atoms with Gasteiger partial charge in [0.25, 0.3) is 16.8 Å². The van der Waals surface area contributed by atoms with Crippen LogP contribution in [0.15, 0.2) is 42.7 Å². The number of benzene rings is 1. The van der Waals surface area contributed by atoms with Gasteiger partial charge in [-0.1, -0.05) is 6.07 Å². The van der Waals surface area contributed by atoms with Crippen molar-refractivity contribution in [3.63, 3.8) is 0 Å². The number of phenols is 1. The van der Waals surface area contributed by atoms with Crippen LogP contribution in [-0.2, 0) is 11.3 Å². The first-order chi connectivity index (χ1) is 15.3. The van der Waals surface area contributed by atoms with Crippen LogP contribution in [0.2, 0.25) is 0 Å². The number of amides is 1. The van der Waals surface area contributed by atoms with Gasteiger partial charge in [-0.25, -0.2) is 0 Å². The molecule has 1 fully saturated rings. The Kier molecular flexibility index (Phi) is 5.88. The van der Waals surface area contributed by atoms with E-state index in [4.69, 9.17) is 4.42 Å². The summed E-state index contributed by atoms with van der Waals surface area (Å²) in [5.41, 5.74) is -1.17. The summed E-state index contributed by atoms with van der Waals surface area (Å²) in [4.78, 5) is 49.4. The zero-order valence-electron chi connectivity index (χ0n) is 17.1. The van der Waals surface area contributed by atoms with Gasteiger partial charge in [0.05, 0.1) is 22.3 Å². The number of carbonyl (C=O) groups is 2. The molecule has 1 saturated heterocycles. The third kappa shape index (κ3) is 3.93. The molecule has 2 heterocycles. The number of nitrogens with one attached hydrogen (secondary N) is 2. The van der Waals surface area contributed by atoms with Gasteiger partial charge in [-0.3, -0.25) is 14.4 Å². The quantitative estimate of drug-likeness (QED) is 0.256. The predicted molar refractivity (Wildman–Crippen MR) is 121 cm³/mol. The standard InChI is InChI=1S/C22H20BrN3O6/c1-11-15(23)7-13(32-11)8-24-17-18(21(30)20(17)29)25-16-4-2-3-14(19(16)28)22(31)26-6-5-12(9-26)10-27/h2-4,7,10,12,24-25,28H,5-6,8-9H2,1H3/t12-/m0/s1. The number of phenolic OH excluding ortho intramolecular Hbond substituents is 1. The second-order valence-electron chi connectivity index (χ2n) is 7.64. The highest BCUT2D eigenvalue weighted by molar-refractivity contribution is 9.10. The molecule has 1 amide bonds. The van der Waals surface area contributed by atoms with E-state index in [-0.39, 0.29) is 40.8 Å². The summed E-state index contributed by atoms with van der Waals surface area (Å²) in [6, 6.07) is 6.28. The zero-order valence-corrected chi connectivity index (χ0v) is 18.7. The van der Waals surface area contributed by atoms with Crippen molar-refractivity contribution in [1.82, 2.24) is 4.90 Å². The number of furan rings is 1. The van der Waals surface area contributed by atoms with Gasteiger partial charge in [0, 0.05) is 19.0 Å². The lowest BCUT2D eigenvalue weighted by molar-refractivity contribution is -0.110. The number of halogens is 1. The number of hydrogen-bond donors (Lipinski definition) is 3. The first kappa shape index (κ1) is 21.8. The lowest BCUT2D eigenvalue weighted by Crippen LogP contribution is -2.36. The highest BCUT2D eigenvalue weighted by atomic mass is 79.9. The van der Waals surface area contributed by atoms with Gasteiger partial charge in [-0.15, -0.1) is 0 Å². The van der Waals surface area contributed by atoms with Crippen LogP contribution in [0.3, 0.4) is 0 Å². The molecule has 0 radical (unpaired) electrons. The molecule has 9 nitrogen and oxygen atoms in total. The summed E-state index contributed by atoms with van der Waals surface area (Å²) >= 11 is 3.35. The van der Waals surface area contributed by atoms with Crippen LogP contribution in [0.1, 0.15) is 28.3 Å². The van der Waals surface area contributed by atoms with E-state index in [1.54, 1.807) is 19.1 Å². The summed E-state index contributed by atoms with van der Waals surface area (Å²) in [5, 5.41) is 16.3. The number of para-hydroxylation sites is 1. The summed E-state index contributed by atoms with van der Waals surface area (Å²) in [7, 11) is 0. The number of nitrogens with zero attached hydrogens (tertiary/aromatic N) is 1. The average Bonchev–Trinajstić information content (AvgIpc) is 3.39. The van der Waals surface area contributed by atoms with E-state index in [0.29, 0.717) is 31.0 Å². The Morgan fingerprint density at radius 1 is 1.31 bits per heavy atom. The first-order valence-electron chi connectivity index (χ1n) is 9.95. The molecule has 32 heavy (non-hydrogen) atoms. The molecule has 0 bridgehead atoms. The molecule has 1 aliphatic heterocycles. The van der Waals surface area contributed by atoms with E-state index in [2.05, 4.69) is 26.6 Å². The minimum Gasteiger partial charge on any atom is -0.505 e. The van der Waals surface area contributed by atoms with Crippen LogP contribution >= 0.6 is 15.9 Å². The second kappa shape index (κ2) is 8.62. The van der Waals surface area contributed by atoms with E-state index in [1.165, 1.54) is 17.0 Å². The lowest BCUT2D eigenvalue weighted by atomic mass is 10.1. The topological polar surface area (TPSA) is 129 Å². The molecule has 1 atom stereocenters. The van der Waals surface area contributed by atoms with Gasteiger partial charge >= 0.3 is 0 Å². The lowest BCUT2D eigenvalue weighted by Gasteiger charge is -2.19. The van der Waals surface area contributed by atoms with Crippen molar-refractivity contribution in [3.05, 3.63) is 66.3 Å². The van der Waals surface area contributed by atoms with Crippen molar-refractivity contribution >= 4 is 45.2 Å². The van der Waals surface area contributed by atoms with Crippen molar-refractivity contribution in [2.24, 2.45) is 5.92 Å². The SMILES string of the molecule is Cc1oc(CNc2c(Nc3cccc(C(=O)N4CC[C@H](C=O)C4)c3O)c(=O)c2=O)cc1Br. The molecule has 0 saturated carbocycles. The first-order valence-corrected chi connectivity index (χ1v) is 10.7. The van der Waals surface area contributed by atoms with E-state index in [9.17, 15) is 24.3 Å². The van der Waals surface area contributed by atoms with Gasteiger partial charge in [-0.2, -0.15) is 0 Å². The maximum atomic E-state index is 12.8. The maximum absolute atomic E-state index is 12.8. The number of anilines is 3. The third-order valence-electron chi connectivity index (χ3n) is 5.49. The van der Waals surface area contributed by atoms with Crippen molar-refractivity contribution in [1.29, 1.82) is 0 Å². The molecular weight excluding hydrogens is 482 g/mol. The largest absolute Gasteiger partial charge is 0.505 e. The molecule has 0 unspecified atom stereocenters. The van der Waals surface area contributed by atoms with Gasteiger partial charge < -0.3 is 29.9 Å². The molecule has 4 rings (SSSR count). The molecule has 10 heteroatoms. The average molecular weight is 502 g/mol. The number of aromatic hydroxyl groups is 1. The summed E-state index contributed by atoms with van der Waals surface area (Å²) < 4.78 is 6.31. The number of likely N-dealkylation sites (tertiary alicyclic amines) is 1. The second-order valence-corrected chi connectivity index (χ2v) is 8.50. The van der Waals surface area contributed by atoms with Crippen LogP contribution in [0.4, 0.5) is 17.1 Å². The van der Waals surface area contributed by atoms with E-state index in [0.717, 1.165) is 10.8 Å². The number of carbonyl (C=O) groups excluding carboxylic acids is 2. The Hall–Kier alpha value is -3.40. The van der Waals surface area contributed by atoms with Crippen molar-refractivity contribution < 1.29 is 19.1 Å². The van der Waals surface area contributed by atoms with Gasteiger partial charge in [0.1, 0.15) is 29.2 Å². The van der Waals surface area contributed by atoms with Crippen LogP contribution < -0.4 is 21.5 Å². The number of aryl methyl sites for hydroxylation is 1. The zero-order chi connectivity index (χ0) is 23.0. The Bertz CT molecular complexity index is 1250. The molecule has 0 aliphatic carbocycles. The summed E-state index contributed by atoms with van der Waals surface area (Å²) in [6.45, 7) is 2.70. The minimum absolute atomic E-state index is 0.000524. The fourth-order valence-corrected chi connectivity index (χ4v) is 4.00. The molecule has 1 aromatic heterocycles. The van der Waals surface area contributed by atoms with Gasteiger partial charge in [0.15, 0.2) is 5.75 Å². The van der Waals surface area contributed by atoms with Crippen molar-refractivity contribution in [3.8, 4) is 5.75 Å². The van der Waals surface area contributed by atoms with Crippen LogP contribution in [0.25, 0.3) is 0 Å². The predicted octanol–water partition coefficient (Wildman–Crippen LogP) is 2.67. The molecule has 0 spiro atoms. The Morgan fingerprint density at radius 3 is 2.72 bits per heavy atom. The van der Waals surface area contributed by atoms with Crippen molar-refractivity contribution in [2.75, 3.05) is 23.7 Å². The van der Waals surface area contributed by atoms with Crippen LogP contribution in [0.5, 0.6) is 5.75 Å². The third-order valence-corrected chi connectivity index (χ3v) is 6.28. The fraction of sp³-hybridized carbons (Fsp3) is 0.273. The summed E-state index contributed by atoms with van der Waals surface area (Å²) in [6.07, 6.45) is 1.41. The maximum Gasteiger partial charge on any atom is 0.257 e. The Morgan fingerprint density at radius 2 is 2.06 bits per heavy atom.